The van der Waals surface area contributed by atoms with Crippen molar-refractivity contribution in [3.8, 4) is 11.5 Å². The van der Waals surface area contributed by atoms with Crippen LogP contribution in [-0.2, 0) is 4.74 Å². The Morgan fingerprint density at radius 3 is 3.07 bits per heavy atom. The number of carbonyl (C=O) groups excluding carboxylic acids is 1. The Balaban J connectivity index is 2.41. The molecule has 14 heavy (non-hydrogen) atoms. The number of fused-ring (bicyclic) bond motifs is 1. The molecular formula is C10H10O4. The molecule has 0 spiro atoms. The number of Topliss-reactive ketones (excluding diaryl/α,β-unsaturated/α-hetero) is 1. The van der Waals surface area contributed by atoms with Gasteiger partial charge in [0.2, 0.25) is 0 Å². The van der Waals surface area contributed by atoms with E-state index in [1.54, 1.807) is 0 Å². The fourth-order valence-corrected chi connectivity index (χ4v) is 1.42. The van der Waals surface area contributed by atoms with E-state index in [0.29, 0.717) is 11.3 Å². The summed E-state index contributed by atoms with van der Waals surface area (Å²) < 4.78 is 10.2. The molecule has 2 rings (SSSR count). The number of ketones is 1. The van der Waals surface area contributed by atoms with E-state index >= 15 is 0 Å². The number of benzene rings is 1. The fraction of sp³-hybridized carbons (Fsp3) is 0.300. The van der Waals surface area contributed by atoms with Gasteiger partial charge in [0.25, 0.3) is 0 Å². The number of aromatic hydroxyl groups is 1. The molecule has 0 bridgehead atoms. The molecular weight excluding hydrogens is 184 g/mol. The topological polar surface area (TPSA) is 55.8 Å². The molecule has 0 fully saturated rings. The molecule has 0 saturated heterocycles. The second-order valence-electron chi connectivity index (χ2n) is 3.08. The van der Waals surface area contributed by atoms with Crippen molar-refractivity contribution in [3.63, 3.8) is 0 Å². The van der Waals surface area contributed by atoms with E-state index in [1.807, 2.05) is 0 Å². The fourth-order valence-electron chi connectivity index (χ4n) is 1.42. The van der Waals surface area contributed by atoms with Crippen molar-refractivity contribution in [1.29, 1.82) is 0 Å². The number of ether oxygens (including phenoxy) is 2. The average Bonchev–Trinajstić information content (AvgIpc) is 2.18. The lowest BCUT2D eigenvalue weighted by molar-refractivity contribution is 0.0367. The van der Waals surface area contributed by atoms with Gasteiger partial charge in [0, 0.05) is 13.2 Å². The lowest BCUT2D eigenvalue weighted by Crippen LogP contribution is -2.34. The first-order valence-corrected chi connectivity index (χ1v) is 4.25. The SMILES string of the molecule is COC1COc2cc(O)ccc2C1=O. The molecule has 0 saturated carbocycles. The molecule has 4 nitrogen and oxygen atoms in total. The predicted octanol–water partition coefficient (Wildman–Crippen LogP) is 0.982. The lowest BCUT2D eigenvalue weighted by Gasteiger charge is -2.22. The molecule has 1 heterocycles. The highest BCUT2D eigenvalue weighted by atomic mass is 16.5. The van der Waals surface area contributed by atoms with Crippen LogP contribution < -0.4 is 4.74 Å². The van der Waals surface area contributed by atoms with Crippen LogP contribution in [-0.4, -0.2) is 30.7 Å². The van der Waals surface area contributed by atoms with Gasteiger partial charge in [-0.15, -0.1) is 0 Å². The van der Waals surface area contributed by atoms with Crippen LogP contribution in [0, 0.1) is 0 Å². The van der Waals surface area contributed by atoms with Gasteiger partial charge in [-0.3, -0.25) is 4.79 Å². The highest BCUT2D eigenvalue weighted by Gasteiger charge is 2.28. The Hall–Kier alpha value is -1.55. The molecule has 4 heteroatoms. The molecule has 1 aliphatic rings. The first-order valence-electron chi connectivity index (χ1n) is 4.25. The quantitative estimate of drug-likeness (QED) is 0.724. The summed E-state index contributed by atoms with van der Waals surface area (Å²) in [4.78, 5) is 11.7. The van der Waals surface area contributed by atoms with Crippen LogP contribution in [0.4, 0.5) is 0 Å². The summed E-state index contributed by atoms with van der Waals surface area (Å²) in [7, 11) is 1.47. The Morgan fingerprint density at radius 2 is 2.36 bits per heavy atom. The van der Waals surface area contributed by atoms with E-state index in [0.717, 1.165) is 0 Å². The summed E-state index contributed by atoms with van der Waals surface area (Å²) >= 11 is 0. The van der Waals surface area contributed by atoms with E-state index in [9.17, 15) is 9.90 Å². The van der Waals surface area contributed by atoms with Crippen molar-refractivity contribution in [2.24, 2.45) is 0 Å². The van der Waals surface area contributed by atoms with E-state index in [-0.39, 0.29) is 18.1 Å². The minimum atomic E-state index is -0.535. The van der Waals surface area contributed by atoms with Gasteiger partial charge in [0.1, 0.15) is 18.1 Å². The maximum atomic E-state index is 11.7. The zero-order valence-corrected chi connectivity index (χ0v) is 7.69. The number of phenolic OH excluding ortho intramolecular Hbond substituents is 1. The maximum Gasteiger partial charge on any atom is 0.198 e. The summed E-state index contributed by atoms with van der Waals surface area (Å²) in [6.45, 7) is 0.200. The summed E-state index contributed by atoms with van der Waals surface area (Å²) in [5.74, 6) is 0.407. The van der Waals surface area contributed by atoms with Gasteiger partial charge in [-0.2, -0.15) is 0 Å². The van der Waals surface area contributed by atoms with Crippen LogP contribution in [0.5, 0.6) is 11.5 Å². The van der Waals surface area contributed by atoms with Crippen LogP contribution in [0.15, 0.2) is 18.2 Å². The molecule has 0 radical (unpaired) electrons. The Morgan fingerprint density at radius 1 is 1.57 bits per heavy atom. The van der Waals surface area contributed by atoms with Crippen LogP contribution in [0.3, 0.4) is 0 Å². The summed E-state index contributed by atoms with van der Waals surface area (Å²) in [5, 5.41) is 9.18. The summed E-state index contributed by atoms with van der Waals surface area (Å²) in [5.41, 5.74) is 0.459. The van der Waals surface area contributed by atoms with Gasteiger partial charge < -0.3 is 14.6 Å². The van der Waals surface area contributed by atoms with Gasteiger partial charge in [0.05, 0.1) is 5.56 Å². The number of phenols is 1. The Bertz CT molecular complexity index is 372. The normalized spacial score (nSPS) is 20.1. The molecule has 0 aromatic heterocycles. The third-order valence-electron chi connectivity index (χ3n) is 2.20. The predicted molar refractivity (Wildman–Crippen MR) is 48.7 cm³/mol. The zero-order valence-electron chi connectivity index (χ0n) is 7.69. The number of rotatable bonds is 1. The van der Waals surface area contributed by atoms with E-state index in [4.69, 9.17) is 9.47 Å². The number of hydrogen-bond donors (Lipinski definition) is 1. The summed E-state index contributed by atoms with van der Waals surface area (Å²) in [6, 6.07) is 4.43. The molecule has 1 unspecified atom stereocenters. The van der Waals surface area contributed by atoms with Crippen molar-refractivity contribution in [1.82, 2.24) is 0 Å². The van der Waals surface area contributed by atoms with E-state index in [2.05, 4.69) is 0 Å². The minimum Gasteiger partial charge on any atom is -0.508 e. The van der Waals surface area contributed by atoms with Crippen molar-refractivity contribution >= 4 is 5.78 Å². The zero-order chi connectivity index (χ0) is 10.1. The van der Waals surface area contributed by atoms with Gasteiger partial charge in [-0.1, -0.05) is 0 Å². The van der Waals surface area contributed by atoms with Crippen LogP contribution in [0.2, 0.25) is 0 Å². The van der Waals surface area contributed by atoms with Crippen molar-refractivity contribution in [2.75, 3.05) is 13.7 Å². The third kappa shape index (κ3) is 1.33. The maximum absolute atomic E-state index is 11.7. The Kier molecular flexibility index (Phi) is 2.13. The minimum absolute atomic E-state index is 0.0902. The molecule has 74 valence electrons. The van der Waals surface area contributed by atoms with Crippen molar-refractivity contribution in [2.45, 2.75) is 6.10 Å². The Labute approximate surface area is 81.1 Å². The monoisotopic (exact) mass is 194 g/mol. The molecule has 1 N–H and O–H groups in total. The average molecular weight is 194 g/mol. The number of carbonyl (C=O) groups is 1. The second kappa shape index (κ2) is 3.31. The van der Waals surface area contributed by atoms with Crippen LogP contribution in [0.1, 0.15) is 10.4 Å². The summed E-state index contributed by atoms with van der Waals surface area (Å²) in [6.07, 6.45) is -0.535. The molecule has 0 aliphatic carbocycles. The smallest absolute Gasteiger partial charge is 0.198 e. The third-order valence-corrected chi connectivity index (χ3v) is 2.20. The van der Waals surface area contributed by atoms with Gasteiger partial charge in [-0.05, 0) is 12.1 Å². The van der Waals surface area contributed by atoms with Crippen molar-refractivity contribution < 1.29 is 19.4 Å². The van der Waals surface area contributed by atoms with Crippen LogP contribution >= 0.6 is 0 Å². The van der Waals surface area contributed by atoms with Gasteiger partial charge in [0.15, 0.2) is 11.9 Å². The van der Waals surface area contributed by atoms with Gasteiger partial charge in [-0.25, -0.2) is 0 Å². The van der Waals surface area contributed by atoms with Crippen LogP contribution in [0.25, 0.3) is 0 Å². The van der Waals surface area contributed by atoms with Crippen molar-refractivity contribution in [3.05, 3.63) is 23.8 Å². The largest absolute Gasteiger partial charge is 0.508 e. The highest BCUT2D eigenvalue weighted by molar-refractivity contribution is 6.03. The molecule has 0 amide bonds. The van der Waals surface area contributed by atoms with Gasteiger partial charge >= 0.3 is 0 Å². The molecule has 1 atom stereocenters. The molecule has 1 aliphatic heterocycles. The molecule has 1 aromatic carbocycles. The first-order chi connectivity index (χ1) is 6.72. The lowest BCUT2D eigenvalue weighted by atomic mass is 10.0. The highest BCUT2D eigenvalue weighted by Crippen LogP contribution is 2.29. The number of methoxy groups -OCH3 is 1. The van der Waals surface area contributed by atoms with E-state index < -0.39 is 6.10 Å². The standard InChI is InChI=1S/C10H10O4/c1-13-9-5-14-8-4-6(11)2-3-7(8)10(9)12/h2-4,9,11H,5H2,1H3. The van der Waals surface area contributed by atoms with E-state index in [1.165, 1.54) is 25.3 Å². The number of hydrogen-bond acceptors (Lipinski definition) is 4. The second-order valence-corrected chi connectivity index (χ2v) is 3.08. The first kappa shape index (κ1) is 9.02. The molecule has 1 aromatic rings.